The molecule has 1 saturated carbocycles. The van der Waals surface area contributed by atoms with Crippen LogP contribution in [-0.2, 0) is 11.8 Å². The molecule has 0 aromatic carbocycles. The summed E-state index contributed by atoms with van der Waals surface area (Å²) in [7, 11) is 1.74. The lowest BCUT2D eigenvalue weighted by Gasteiger charge is -2.22. The largest absolute Gasteiger partial charge is 0.481 e. The molecule has 0 radical (unpaired) electrons. The molecule has 0 aliphatic heterocycles. The van der Waals surface area contributed by atoms with Crippen LogP contribution in [0.3, 0.4) is 0 Å². The monoisotopic (exact) mass is 298 g/mol. The number of amides is 1. The first-order valence-corrected chi connectivity index (χ1v) is 7.22. The van der Waals surface area contributed by atoms with Crippen LogP contribution in [-0.4, -0.2) is 27.6 Å². The zero-order valence-electron chi connectivity index (χ0n) is 11.4. The maximum absolute atomic E-state index is 12.2. The van der Waals surface area contributed by atoms with E-state index in [9.17, 15) is 14.7 Å². The number of hydrogen-bond acceptors (Lipinski definition) is 2. The fourth-order valence-corrected chi connectivity index (χ4v) is 3.02. The summed E-state index contributed by atoms with van der Waals surface area (Å²) in [6.45, 7) is 0. The highest BCUT2D eigenvalue weighted by Gasteiger charge is 2.31. The third-order valence-corrected chi connectivity index (χ3v) is 4.06. The number of carbonyl (C=O) groups is 2. The molecule has 1 aliphatic rings. The number of hydrogen-bond donors (Lipinski definition) is 2. The Morgan fingerprint density at radius 3 is 2.65 bits per heavy atom. The van der Waals surface area contributed by atoms with Crippen molar-refractivity contribution in [3.05, 3.63) is 23.0 Å². The number of aromatic nitrogens is 1. The minimum absolute atomic E-state index is 0.266. The van der Waals surface area contributed by atoms with Crippen LogP contribution in [0.1, 0.15) is 42.6 Å². The van der Waals surface area contributed by atoms with Crippen LogP contribution >= 0.6 is 11.6 Å². The number of carbonyl (C=O) groups excluding carboxylic acids is 1. The van der Waals surface area contributed by atoms with Gasteiger partial charge in [-0.3, -0.25) is 9.59 Å². The molecule has 0 spiro atoms. The molecule has 1 amide bonds. The first-order valence-electron chi connectivity index (χ1n) is 6.84. The van der Waals surface area contributed by atoms with Crippen LogP contribution in [0.2, 0.25) is 5.02 Å². The molecule has 1 fully saturated rings. The first-order chi connectivity index (χ1) is 9.49. The average Bonchev–Trinajstić information content (AvgIpc) is 2.60. The summed E-state index contributed by atoms with van der Waals surface area (Å²) in [6.07, 6.45) is 5.85. The van der Waals surface area contributed by atoms with Gasteiger partial charge in [0.15, 0.2) is 0 Å². The molecule has 2 N–H and O–H groups in total. The highest BCUT2D eigenvalue weighted by Crippen LogP contribution is 2.24. The van der Waals surface area contributed by atoms with Crippen molar-refractivity contribution in [2.75, 3.05) is 0 Å². The maximum atomic E-state index is 12.2. The molecule has 6 heteroatoms. The van der Waals surface area contributed by atoms with Crippen molar-refractivity contribution in [2.24, 2.45) is 13.0 Å². The number of aryl methyl sites for hydroxylation is 1. The lowest BCUT2D eigenvalue weighted by Crippen LogP contribution is -2.43. The average molecular weight is 299 g/mol. The van der Waals surface area contributed by atoms with E-state index in [0.29, 0.717) is 23.6 Å². The van der Waals surface area contributed by atoms with Crippen LogP contribution < -0.4 is 5.32 Å². The molecule has 0 saturated heterocycles. The molecule has 110 valence electrons. The van der Waals surface area contributed by atoms with Crippen molar-refractivity contribution in [3.8, 4) is 0 Å². The minimum atomic E-state index is -0.831. The molecule has 0 bridgehead atoms. The Labute approximate surface area is 122 Å². The van der Waals surface area contributed by atoms with Crippen molar-refractivity contribution < 1.29 is 14.7 Å². The van der Waals surface area contributed by atoms with Gasteiger partial charge in [-0.1, -0.05) is 30.9 Å². The van der Waals surface area contributed by atoms with Gasteiger partial charge >= 0.3 is 5.97 Å². The second-order valence-electron chi connectivity index (χ2n) is 5.32. The Morgan fingerprint density at radius 1 is 1.35 bits per heavy atom. The van der Waals surface area contributed by atoms with Gasteiger partial charge in [-0.15, -0.1) is 0 Å². The number of rotatable bonds is 3. The SMILES string of the molecule is Cn1cc(Cl)cc1C(=O)N[C@H]1CCCCC[C@H]1C(=O)O. The van der Waals surface area contributed by atoms with E-state index in [4.69, 9.17) is 11.6 Å². The predicted molar refractivity (Wildman–Crippen MR) is 75.9 cm³/mol. The van der Waals surface area contributed by atoms with Crippen LogP contribution in [0.4, 0.5) is 0 Å². The lowest BCUT2D eigenvalue weighted by molar-refractivity contribution is -0.142. The Morgan fingerprint density at radius 2 is 2.05 bits per heavy atom. The quantitative estimate of drug-likeness (QED) is 0.842. The molecule has 5 nitrogen and oxygen atoms in total. The van der Waals surface area contributed by atoms with Gasteiger partial charge in [0.1, 0.15) is 5.69 Å². The second-order valence-corrected chi connectivity index (χ2v) is 5.75. The van der Waals surface area contributed by atoms with Crippen LogP contribution in [0, 0.1) is 5.92 Å². The Hall–Kier alpha value is -1.49. The fourth-order valence-electron chi connectivity index (χ4n) is 2.77. The summed E-state index contributed by atoms with van der Waals surface area (Å²) in [6, 6.07) is 1.28. The Balaban J connectivity index is 2.11. The highest BCUT2D eigenvalue weighted by molar-refractivity contribution is 6.31. The third kappa shape index (κ3) is 3.33. The van der Waals surface area contributed by atoms with Gasteiger partial charge in [-0.05, 0) is 18.9 Å². The number of nitrogens with one attached hydrogen (secondary N) is 1. The molecular weight excluding hydrogens is 280 g/mol. The molecule has 2 atom stereocenters. The van der Waals surface area contributed by atoms with E-state index in [-0.39, 0.29) is 11.9 Å². The summed E-state index contributed by atoms with van der Waals surface area (Å²) in [5.74, 6) is -1.60. The predicted octanol–water partition coefficient (Wildman–Crippen LogP) is 2.44. The number of carboxylic acids is 1. The summed E-state index contributed by atoms with van der Waals surface area (Å²) < 4.78 is 1.64. The molecule has 2 rings (SSSR count). The smallest absolute Gasteiger partial charge is 0.308 e. The zero-order valence-corrected chi connectivity index (χ0v) is 12.2. The van der Waals surface area contributed by atoms with Crippen molar-refractivity contribution in [1.82, 2.24) is 9.88 Å². The van der Waals surface area contributed by atoms with Crippen LogP contribution in [0.15, 0.2) is 12.3 Å². The van der Waals surface area contributed by atoms with E-state index in [1.54, 1.807) is 23.9 Å². The minimum Gasteiger partial charge on any atom is -0.481 e. The number of nitrogens with zero attached hydrogens (tertiary/aromatic N) is 1. The highest BCUT2D eigenvalue weighted by atomic mass is 35.5. The molecule has 1 aromatic rings. The molecule has 1 heterocycles. The normalized spacial score (nSPS) is 23.1. The van der Waals surface area contributed by atoms with E-state index >= 15 is 0 Å². The Kier molecular flexibility index (Phi) is 4.70. The zero-order chi connectivity index (χ0) is 14.7. The first kappa shape index (κ1) is 14.9. The number of carboxylic acid groups (broad SMARTS) is 1. The topological polar surface area (TPSA) is 71.3 Å². The lowest BCUT2D eigenvalue weighted by atomic mass is 9.95. The molecule has 1 aromatic heterocycles. The van der Waals surface area contributed by atoms with Crippen molar-refractivity contribution in [1.29, 1.82) is 0 Å². The van der Waals surface area contributed by atoms with Crippen LogP contribution in [0.5, 0.6) is 0 Å². The number of aliphatic carboxylic acids is 1. The van der Waals surface area contributed by atoms with E-state index in [2.05, 4.69) is 5.32 Å². The summed E-state index contributed by atoms with van der Waals surface area (Å²) >= 11 is 5.86. The van der Waals surface area contributed by atoms with E-state index in [1.807, 2.05) is 0 Å². The van der Waals surface area contributed by atoms with Gasteiger partial charge in [-0.2, -0.15) is 0 Å². The summed E-state index contributed by atoms with van der Waals surface area (Å²) in [4.78, 5) is 23.6. The second kappa shape index (κ2) is 6.31. The summed E-state index contributed by atoms with van der Waals surface area (Å²) in [5.41, 5.74) is 0.448. The van der Waals surface area contributed by atoms with Gasteiger partial charge in [0.25, 0.3) is 5.91 Å². The van der Waals surface area contributed by atoms with Gasteiger partial charge in [0.2, 0.25) is 0 Å². The molecule has 0 unspecified atom stereocenters. The van der Waals surface area contributed by atoms with Crippen molar-refractivity contribution in [2.45, 2.75) is 38.1 Å². The number of halogens is 1. The molecule has 20 heavy (non-hydrogen) atoms. The third-order valence-electron chi connectivity index (χ3n) is 3.85. The standard InChI is InChI=1S/C14H19ClN2O3/c1-17-8-9(15)7-12(17)13(18)16-11-6-4-2-3-5-10(11)14(19)20/h7-8,10-11H,2-6H2,1H3,(H,16,18)(H,19,20)/t10-,11+/m1/s1. The molecule has 1 aliphatic carbocycles. The van der Waals surface area contributed by atoms with Crippen molar-refractivity contribution in [3.63, 3.8) is 0 Å². The van der Waals surface area contributed by atoms with Gasteiger partial charge in [0, 0.05) is 19.3 Å². The van der Waals surface area contributed by atoms with Crippen molar-refractivity contribution >= 4 is 23.5 Å². The molecular formula is C14H19ClN2O3. The van der Waals surface area contributed by atoms with E-state index < -0.39 is 11.9 Å². The maximum Gasteiger partial charge on any atom is 0.308 e. The van der Waals surface area contributed by atoms with Crippen LogP contribution in [0.25, 0.3) is 0 Å². The van der Waals surface area contributed by atoms with Gasteiger partial charge in [-0.25, -0.2) is 0 Å². The van der Waals surface area contributed by atoms with E-state index in [1.165, 1.54) is 0 Å². The summed E-state index contributed by atoms with van der Waals surface area (Å²) in [5, 5.41) is 12.7. The van der Waals surface area contributed by atoms with Gasteiger partial charge < -0.3 is 15.0 Å². The Bertz CT molecular complexity index is 513. The van der Waals surface area contributed by atoms with Gasteiger partial charge in [0.05, 0.1) is 10.9 Å². The van der Waals surface area contributed by atoms with E-state index in [0.717, 1.165) is 19.3 Å². The fraction of sp³-hybridized carbons (Fsp3) is 0.571.